The van der Waals surface area contributed by atoms with E-state index in [1.165, 1.54) is 4.90 Å². The average molecular weight is 297 g/mol. The molecule has 1 atom stereocenters. The van der Waals surface area contributed by atoms with Gasteiger partial charge < -0.3 is 19.5 Å². The molecule has 6 heteroatoms. The Balaban J connectivity index is 2.70. The quantitative estimate of drug-likeness (QED) is 0.449. The van der Waals surface area contributed by atoms with Crippen LogP contribution in [0, 0.1) is 11.8 Å². The van der Waals surface area contributed by atoms with Crippen molar-refractivity contribution in [2.24, 2.45) is 0 Å². The predicted molar refractivity (Wildman–Crippen MR) is 76.4 cm³/mol. The van der Waals surface area contributed by atoms with Gasteiger partial charge in [0.25, 0.3) is 0 Å². The van der Waals surface area contributed by atoms with E-state index < -0.39 is 23.3 Å². The van der Waals surface area contributed by atoms with Gasteiger partial charge in [-0.1, -0.05) is 5.92 Å². The fraction of sp³-hybridized carbons (Fsp3) is 0.733. The fourth-order valence-corrected chi connectivity index (χ4v) is 1.96. The first kappa shape index (κ1) is 17.3. The van der Waals surface area contributed by atoms with E-state index in [2.05, 4.69) is 16.6 Å². The van der Waals surface area contributed by atoms with Crippen molar-refractivity contribution in [3.63, 3.8) is 0 Å². The van der Waals surface area contributed by atoms with Gasteiger partial charge in [0.2, 0.25) is 0 Å². The van der Waals surface area contributed by atoms with Crippen LogP contribution in [0.15, 0.2) is 0 Å². The largest absolute Gasteiger partial charge is 0.456 e. The number of amides is 1. The van der Waals surface area contributed by atoms with Gasteiger partial charge in [-0.3, -0.25) is 0 Å². The van der Waals surface area contributed by atoms with Gasteiger partial charge in [-0.2, -0.15) is 0 Å². The SMILES string of the molecule is CCOC(=O)C#CC1(O)CCCN(C(=O)OC(C)(C)C)C1. The van der Waals surface area contributed by atoms with Crippen LogP contribution in [0.3, 0.4) is 0 Å². The number of esters is 1. The number of carbonyl (C=O) groups is 2. The maximum Gasteiger partial charge on any atom is 0.410 e. The van der Waals surface area contributed by atoms with Crippen LogP contribution in [0.4, 0.5) is 4.79 Å². The van der Waals surface area contributed by atoms with E-state index in [1.54, 1.807) is 27.7 Å². The Bertz CT molecular complexity index is 457. The summed E-state index contributed by atoms with van der Waals surface area (Å²) in [6.45, 7) is 7.77. The third-order valence-electron chi connectivity index (χ3n) is 2.80. The number of likely N-dealkylation sites (tertiary alicyclic amines) is 1. The molecule has 6 nitrogen and oxygen atoms in total. The summed E-state index contributed by atoms with van der Waals surface area (Å²) in [6, 6.07) is 0. The summed E-state index contributed by atoms with van der Waals surface area (Å²) in [6.07, 6.45) is 0.505. The summed E-state index contributed by atoms with van der Waals surface area (Å²) < 4.78 is 9.96. The molecule has 0 saturated carbocycles. The molecular formula is C15H23NO5. The normalized spacial score (nSPS) is 22.0. The molecule has 21 heavy (non-hydrogen) atoms. The summed E-state index contributed by atoms with van der Waals surface area (Å²) >= 11 is 0. The van der Waals surface area contributed by atoms with Gasteiger partial charge in [0.05, 0.1) is 13.2 Å². The Kier molecular flexibility index (Phi) is 5.62. The minimum absolute atomic E-state index is 0.0221. The fourth-order valence-electron chi connectivity index (χ4n) is 1.96. The average Bonchev–Trinajstić information content (AvgIpc) is 2.35. The molecule has 1 aliphatic heterocycles. The first-order valence-electron chi connectivity index (χ1n) is 7.05. The van der Waals surface area contributed by atoms with Crippen LogP contribution in [-0.4, -0.2) is 53.0 Å². The highest BCUT2D eigenvalue weighted by Crippen LogP contribution is 2.22. The summed E-state index contributed by atoms with van der Waals surface area (Å²) in [5.41, 5.74) is -1.99. The van der Waals surface area contributed by atoms with Crippen molar-refractivity contribution in [2.75, 3.05) is 19.7 Å². The van der Waals surface area contributed by atoms with Crippen molar-refractivity contribution in [2.45, 2.75) is 51.7 Å². The maximum absolute atomic E-state index is 12.0. The molecule has 1 aliphatic rings. The second kappa shape index (κ2) is 6.81. The number of nitrogens with zero attached hydrogens (tertiary/aromatic N) is 1. The lowest BCUT2D eigenvalue weighted by atomic mass is 9.94. The van der Waals surface area contributed by atoms with E-state index in [1.807, 2.05) is 0 Å². The maximum atomic E-state index is 12.0. The molecular weight excluding hydrogens is 274 g/mol. The van der Waals surface area contributed by atoms with Crippen LogP contribution in [0.2, 0.25) is 0 Å². The zero-order chi connectivity index (χ0) is 16.1. The second-order valence-electron chi connectivity index (χ2n) is 6.01. The minimum atomic E-state index is -1.40. The lowest BCUT2D eigenvalue weighted by molar-refractivity contribution is -0.136. The van der Waals surface area contributed by atoms with Crippen LogP contribution in [0.25, 0.3) is 0 Å². The van der Waals surface area contributed by atoms with Gasteiger partial charge in [-0.25, -0.2) is 9.59 Å². The third-order valence-corrected chi connectivity index (χ3v) is 2.80. The molecule has 0 radical (unpaired) electrons. The molecule has 118 valence electrons. The highest BCUT2D eigenvalue weighted by Gasteiger charge is 2.35. The third kappa shape index (κ3) is 6.05. The molecule has 0 aromatic heterocycles. The molecule has 0 bridgehead atoms. The molecule has 0 spiro atoms. The summed E-state index contributed by atoms with van der Waals surface area (Å²) in [5, 5.41) is 10.4. The summed E-state index contributed by atoms with van der Waals surface area (Å²) in [4.78, 5) is 24.6. The number of β-amino-alcohol motifs (C(OH)–C–C–N with tert-alkyl or cyclic N) is 1. The second-order valence-corrected chi connectivity index (χ2v) is 6.01. The zero-order valence-corrected chi connectivity index (χ0v) is 13.1. The van der Waals surface area contributed by atoms with Crippen molar-refractivity contribution in [3.8, 4) is 11.8 Å². The number of piperidine rings is 1. The standard InChI is InChI=1S/C15H23NO5/c1-5-20-12(17)7-9-15(19)8-6-10-16(11-15)13(18)21-14(2,3)4/h19H,5-6,8,10-11H2,1-4H3. The van der Waals surface area contributed by atoms with Crippen LogP contribution in [0.1, 0.15) is 40.5 Å². The van der Waals surface area contributed by atoms with E-state index in [0.29, 0.717) is 19.4 Å². The summed E-state index contributed by atoms with van der Waals surface area (Å²) in [7, 11) is 0. The Labute approximate surface area is 125 Å². The van der Waals surface area contributed by atoms with E-state index in [9.17, 15) is 14.7 Å². The lowest BCUT2D eigenvalue weighted by Gasteiger charge is -2.36. The molecule has 1 N–H and O–H groups in total. The van der Waals surface area contributed by atoms with E-state index in [4.69, 9.17) is 4.74 Å². The van der Waals surface area contributed by atoms with E-state index in [-0.39, 0.29) is 13.2 Å². The number of rotatable bonds is 1. The van der Waals surface area contributed by atoms with Gasteiger partial charge in [-0.15, -0.1) is 0 Å². The van der Waals surface area contributed by atoms with Crippen molar-refractivity contribution in [3.05, 3.63) is 0 Å². The van der Waals surface area contributed by atoms with Crippen molar-refractivity contribution >= 4 is 12.1 Å². The van der Waals surface area contributed by atoms with E-state index in [0.717, 1.165) is 0 Å². The highest BCUT2D eigenvalue weighted by atomic mass is 16.6. The number of carbonyl (C=O) groups excluding carboxylic acids is 2. The van der Waals surface area contributed by atoms with Gasteiger partial charge in [0.1, 0.15) is 11.2 Å². The van der Waals surface area contributed by atoms with Crippen LogP contribution < -0.4 is 0 Å². The Hall–Kier alpha value is -1.74. The highest BCUT2D eigenvalue weighted by molar-refractivity contribution is 5.88. The van der Waals surface area contributed by atoms with Crippen molar-refractivity contribution < 1.29 is 24.2 Å². The molecule has 1 heterocycles. The van der Waals surface area contributed by atoms with Crippen LogP contribution >= 0.6 is 0 Å². The van der Waals surface area contributed by atoms with Crippen molar-refractivity contribution in [1.82, 2.24) is 4.90 Å². The van der Waals surface area contributed by atoms with Gasteiger partial charge in [0, 0.05) is 12.5 Å². The molecule has 1 fully saturated rings. The summed E-state index contributed by atoms with van der Waals surface area (Å²) in [5.74, 6) is 4.09. The Morgan fingerprint density at radius 2 is 2.05 bits per heavy atom. The smallest absolute Gasteiger partial charge is 0.410 e. The number of ether oxygens (including phenoxy) is 2. The van der Waals surface area contributed by atoms with Crippen LogP contribution in [0.5, 0.6) is 0 Å². The first-order chi connectivity index (χ1) is 9.65. The number of hydrogen-bond acceptors (Lipinski definition) is 5. The zero-order valence-electron chi connectivity index (χ0n) is 13.1. The van der Waals surface area contributed by atoms with Gasteiger partial charge >= 0.3 is 12.1 Å². The van der Waals surface area contributed by atoms with Gasteiger partial charge in [-0.05, 0) is 40.5 Å². The van der Waals surface area contributed by atoms with Crippen LogP contribution in [-0.2, 0) is 14.3 Å². The number of aliphatic hydroxyl groups is 1. The Morgan fingerprint density at radius 3 is 2.62 bits per heavy atom. The molecule has 0 aromatic rings. The molecule has 1 rings (SSSR count). The minimum Gasteiger partial charge on any atom is -0.456 e. The number of hydrogen-bond donors (Lipinski definition) is 1. The predicted octanol–water partition coefficient (Wildman–Crippen LogP) is 1.31. The molecule has 0 aliphatic carbocycles. The topological polar surface area (TPSA) is 76.1 Å². The molecule has 1 amide bonds. The molecule has 1 saturated heterocycles. The Morgan fingerprint density at radius 1 is 1.38 bits per heavy atom. The molecule has 1 unspecified atom stereocenters. The molecule has 0 aromatic carbocycles. The lowest BCUT2D eigenvalue weighted by Crippen LogP contribution is -2.50. The first-order valence-corrected chi connectivity index (χ1v) is 7.05. The van der Waals surface area contributed by atoms with Gasteiger partial charge in [0.15, 0.2) is 0 Å². The van der Waals surface area contributed by atoms with Crippen molar-refractivity contribution in [1.29, 1.82) is 0 Å². The van der Waals surface area contributed by atoms with E-state index >= 15 is 0 Å². The monoisotopic (exact) mass is 297 g/mol.